The zero-order valence-electron chi connectivity index (χ0n) is 17.9. The quantitative estimate of drug-likeness (QED) is 0.397. The van der Waals surface area contributed by atoms with Crippen LogP contribution in [0.25, 0.3) is 22.0 Å². The minimum absolute atomic E-state index is 0.0596. The van der Waals surface area contributed by atoms with Gasteiger partial charge in [0.1, 0.15) is 0 Å². The molecule has 1 heterocycles. The molecule has 0 saturated carbocycles. The number of rotatable bonds is 9. The third-order valence-electron chi connectivity index (χ3n) is 5.92. The van der Waals surface area contributed by atoms with Gasteiger partial charge in [0.15, 0.2) is 0 Å². The van der Waals surface area contributed by atoms with Gasteiger partial charge in [0.2, 0.25) is 0 Å². The molecule has 1 aromatic heterocycles. The molecule has 0 aliphatic carbocycles. The second kappa shape index (κ2) is 9.45. The zero-order chi connectivity index (χ0) is 21.8. The maximum absolute atomic E-state index is 11.2. The number of H-pyrrole nitrogens is 1. The first kappa shape index (κ1) is 22.1. The number of aromatic nitrogens is 1. The number of nitrogens with one attached hydrogen (secondary N) is 1. The summed E-state index contributed by atoms with van der Waals surface area (Å²) in [4.78, 5) is 14.9. The Morgan fingerprint density at radius 3 is 2.30 bits per heavy atom. The van der Waals surface area contributed by atoms with Gasteiger partial charge in [-0.1, -0.05) is 32.9 Å². The summed E-state index contributed by atoms with van der Waals surface area (Å²) in [6.07, 6.45) is 2.11. The van der Waals surface area contributed by atoms with Gasteiger partial charge in [0, 0.05) is 35.8 Å². The van der Waals surface area contributed by atoms with E-state index in [1.54, 1.807) is 12.1 Å². The summed E-state index contributed by atoms with van der Waals surface area (Å²) < 4.78 is 0. The first-order valence-corrected chi connectivity index (χ1v) is 10.6. The van der Waals surface area contributed by atoms with Gasteiger partial charge in [-0.2, -0.15) is 0 Å². The zero-order valence-corrected chi connectivity index (χ0v) is 17.9. The molecule has 1 atom stereocenters. The molecule has 0 aliphatic heterocycles. The topological polar surface area (TPSA) is 93.5 Å². The Hall–Kier alpha value is -2.63. The van der Waals surface area contributed by atoms with Crippen LogP contribution in [-0.4, -0.2) is 39.5 Å². The van der Waals surface area contributed by atoms with Gasteiger partial charge in [0.25, 0.3) is 0 Å². The SMILES string of the molecule is CCC(CCO)c1[nH]c2c(-c3ccc(C(=O)O)cc3)cc(C(C)C)cc2c1CCO. The van der Waals surface area contributed by atoms with Crippen molar-refractivity contribution in [3.8, 4) is 11.1 Å². The third-order valence-corrected chi connectivity index (χ3v) is 5.92. The number of carboxylic acid groups (broad SMARTS) is 1. The van der Waals surface area contributed by atoms with Gasteiger partial charge in [0.05, 0.1) is 11.1 Å². The minimum atomic E-state index is -0.940. The molecular weight excluding hydrogens is 378 g/mol. The molecule has 0 radical (unpaired) electrons. The summed E-state index contributed by atoms with van der Waals surface area (Å²) in [5.41, 5.74) is 6.62. The van der Waals surface area contributed by atoms with E-state index >= 15 is 0 Å². The van der Waals surface area contributed by atoms with E-state index in [9.17, 15) is 20.1 Å². The highest BCUT2D eigenvalue weighted by Crippen LogP contribution is 2.38. The normalized spacial score (nSPS) is 12.6. The van der Waals surface area contributed by atoms with Crippen LogP contribution < -0.4 is 0 Å². The fourth-order valence-corrected chi connectivity index (χ4v) is 4.18. The van der Waals surface area contributed by atoms with Crippen molar-refractivity contribution in [2.75, 3.05) is 13.2 Å². The summed E-state index contributed by atoms with van der Waals surface area (Å²) in [6.45, 7) is 6.59. The fourth-order valence-electron chi connectivity index (χ4n) is 4.18. The Morgan fingerprint density at radius 2 is 1.77 bits per heavy atom. The maximum atomic E-state index is 11.2. The number of aromatic amines is 1. The highest BCUT2D eigenvalue weighted by atomic mass is 16.4. The summed E-state index contributed by atoms with van der Waals surface area (Å²) in [5, 5.41) is 29.6. The van der Waals surface area contributed by atoms with Crippen LogP contribution in [-0.2, 0) is 6.42 Å². The van der Waals surface area contributed by atoms with Gasteiger partial charge in [-0.3, -0.25) is 0 Å². The lowest BCUT2D eigenvalue weighted by molar-refractivity contribution is 0.0697. The van der Waals surface area contributed by atoms with Crippen molar-refractivity contribution in [3.05, 3.63) is 58.8 Å². The number of hydrogen-bond donors (Lipinski definition) is 4. The summed E-state index contributed by atoms with van der Waals surface area (Å²) >= 11 is 0. The molecule has 3 aromatic rings. The van der Waals surface area contributed by atoms with Crippen molar-refractivity contribution in [2.45, 2.75) is 51.9 Å². The molecular formula is C25H31NO4. The van der Waals surface area contributed by atoms with Crippen molar-refractivity contribution in [1.29, 1.82) is 0 Å². The van der Waals surface area contributed by atoms with Gasteiger partial charge < -0.3 is 20.3 Å². The molecule has 1 unspecified atom stereocenters. The molecule has 0 saturated heterocycles. The molecule has 0 amide bonds. The van der Waals surface area contributed by atoms with Crippen molar-refractivity contribution < 1.29 is 20.1 Å². The number of aliphatic hydroxyl groups excluding tert-OH is 2. The first-order valence-electron chi connectivity index (χ1n) is 10.6. The fraction of sp³-hybridized carbons (Fsp3) is 0.400. The second-order valence-electron chi connectivity index (χ2n) is 8.14. The average Bonchev–Trinajstić information content (AvgIpc) is 3.10. The standard InChI is InChI=1S/C25H31NO4/c1-4-16(9-11-27)23-20(10-12-28)22-14-19(15(2)3)13-21(24(22)26-23)17-5-7-18(8-6-17)25(29)30/h5-8,13-16,26-28H,4,9-12H2,1-3H3,(H,29,30). The predicted molar refractivity (Wildman–Crippen MR) is 120 cm³/mol. The highest BCUT2D eigenvalue weighted by molar-refractivity contribution is 5.98. The molecule has 30 heavy (non-hydrogen) atoms. The van der Waals surface area contributed by atoms with Crippen LogP contribution in [0.15, 0.2) is 36.4 Å². The molecule has 0 spiro atoms. The van der Waals surface area contributed by atoms with E-state index in [0.717, 1.165) is 39.7 Å². The van der Waals surface area contributed by atoms with E-state index in [1.165, 1.54) is 5.56 Å². The van der Waals surface area contributed by atoms with Crippen LogP contribution in [0.3, 0.4) is 0 Å². The molecule has 160 valence electrons. The lowest BCUT2D eigenvalue weighted by atomic mass is 9.91. The van der Waals surface area contributed by atoms with Gasteiger partial charge in [-0.25, -0.2) is 4.79 Å². The summed E-state index contributed by atoms with van der Waals surface area (Å²) in [6, 6.07) is 11.3. The van der Waals surface area contributed by atoms with Crippen LogP contribution in [0.1, 0.15) is 72.6 Å². The van der Waals surface area contributed by atoms with Gasteiger partial charge in [-0.05, 0) is 66.1 Å². The molecule has 3 rings (SSSR count). The van der Waals surface area contributed by atoms with Crippen molar-refractivity contribution in [2.24, 2.45) is 0 Å². The Kier molecular flexibility index (Phi) is 6.95. The van der Waals surface area contributed by atoms with E-state index in [2.05, 4.69) is 37.9 Å². The third kappa shape index (κ3) is 4.27. The number of hydrogen-bond acceptors (Lipinski definition) is 3. The number of aliphatic hydroxyl groups is 2. The highest BCUT2D eigenvalue weighted by Gasteiger charge is 2.21. The van der Waals surface area contributed by atoms with Crippen LogP contribution in [0.4, 0.5) is 0 Å². The van der Waals surface area contributed by atoms with Gasteiger partial charge in [-0.15, -0.1) is 0 Å². The Morgan fingerprint density at radius 1 is 1.07 bits per heavy atom. The molecule has 0 aliphatic rings. The Bertz CT molecular complexity index is 1020. The van der Waals surface area contributed by atoms with Crippen LogP contribution >= 0.6 is 0 Å². The number of benzene rings is 2. The lowest BCUT2D eigenvalue weighted by Crippen LogP contribution is -2.05. The van der Waals surface area contributed by atoms with Crippen molar-refractivity contribution >= 4 is 16.9 Å². The van der Waals surface area contributed by atoms with Crippen LogP contribution in [0.2, 0.25) is 0 Å². The van der Waals surface area contributed by atoms with E-state index < -0.39 is 5.97 Å². The van der Waals surface area contributed by atoms with E-state index in [4.69, 9.17) is 0 Å². The Labute approximate surface area is 177 Å². The number of aromatic carboxylic acids is 1. The number of fused-ring (bicyclic) bond motifs is 1. The van der Waals surface area contributed by atoms with E-state index in [1.807, 2.05) is 12.1 Å². The molecule has 4 N–H and O–H groups in total. The molecule has 5 nitrogen and oxygen atoms in total. The molecule has 0 fully saturated rings. The monoisotopic (exact) mass is 409 g/mol. The largest absolute Gasteiger partial charge is 0.478 e. The maximum Gasteiger partial charge on any atom is 0.335 e. The second-order valence-corrected chi connectivity index (χ2v) is 8.14. The summed E-state index contributed by atoms with van der Waals surface area (Å²) in [5.74, 6) is -0.426. The van der Waals surface area contributed by atoms with Crippen molar-refractivity contribution in [1.82, 2.24) is 4.98 Å². The lowest BCUT2D eigenvalue weighted by Gasteiger charge is -2.14. The van der Waals surface area contributed by atoms with E-state index in [-0.39, 0.29) is 24.7 Å². The van der Waals surface area contributed by atoms with Crippen LogP contribution in [0, 0.1) is 0 Å². The van der Waals surface area contributed by atoms with E-state index in [0.29, 0.717) is 18.8 Å². The predicted octanol–water partition coefficient (Wildman–Crippen LogP) is 5.07. The van der Waals surface area contributed by atoms with Gasteiger partial charge >= 0.3 is 5.97 Å². The average molecular weight is 410 g/mol. The number of carbonyl (C=O) groups is 1. The van der Waals surface area contributed by atoms with Crippen molar-refractivity contribution in [3.63, 3.8) is 0 Å². The summed E-state index contributed by atoms with van der Waals surface area (Å²) in [7, 11) is 0. The molecule has 5 heteroatoms. The minimum Gasteiger partial charge on any atom is -0.478 e. The molecule has 0 bridgehead atoms. The first-order chi connectivity index (χ1) is 14.4. The Balaban J connectivity index is 2.29. The molecule has 2 aromatic carbocycles. The van der Waals surface area contributed by atoms with Crippen LogP contribution in [0.5, 0.6) is 0 Å². The smallest absolute Gasteiger partial charge is 0.335 e. The number of carboxylic acids is 1.